The zero-order valence-corrected chi connectivity index (χ0v) is 13.2. The molecule has 1 saturated heterocycles. The average molecular weight is 355 g/mol. The van der Waals surface area contributed by atoms with Crippen LogP contribution in [0, 0.1) is 17.8 Å². The number of nitrogens with zero attached hydrogens (tertiary/aromatic N) is 2. The summed E-state index contributed by atoms with van der Waals surface area (Å²) in [5.41, 5.74) is -0.205. The smallest absolute Gasteiger partial charge is 0.236 e. The van der Waals surface area contributed by atoms with Crippen LogP contribution in [0.25, 0.3) is 0 Å². The third kappa shape index (κ3) is 3.46. The van der Waals surface area contributed by atoms with Crippen molar-refractivity contribution in [2.24, 2.45) is 5.92 Å². The highest BCUT2D eigenvalue weighted by molar-refractivity contribution is 8.13. The van der Waals surface area contributed by atoms with E-state index in [-0.39, 0.29) is 35.6 Å². The molecule has 1 aliphatic rings. The minimum atomic E-state index is -1.22. The van der Waals surface area contributed by atoms with Crippen molar-refractivity contribution in [3.05, 3.63) is 21.9 Å². The Morgan fingerprint density at radius 1 is 1.38 bits per heavy atom. The first-order valence-electron chi connectivity index (χ1n) is 5.95. The van der Waals surface area contributed by atoms with E-state index in [1.54, 1.807) is 0 Å². The molecule has 0 radical (unpaired) electrons. The molecule has 21 heavy (non-hydrogen) atoms. The van der Waals surface area contributed by atoms with Crippen LogP contribution in [-0.4, -0.2) is 28.3 Å². The zero-order valence-electron chi connectivity index (χ0n) is 10.8. The summed E-state index contributed by atoms with van der Waals surface area (Å²) in [5, 5.41) is -1.04. The zero-order chi connectivity index (χ0) is 15.7. The van der Waals surface area contributed by atoms with Crippen LogP contribution in [-0.2, 0) is 9.59 Å². The first-order chi connectivity index (χ1) is 9.81. The molecule has 0 spiro atoms. The lowest BCUT2D eigenvalue weighted by atomic mass is 10.1. The third-order valence-electron chi connectivity index (χ3n) is 2.97. The van der Waals surface area contributed by atoms with Gasteiger partial charge in [0.15, 0.2) is 5.12 Å². The number of pyridine rings is 1. The highest BCUT2D eigenvalue weighted by Gasteiger charge is 2.35. The van der Waals surface area contributed by atoms with E-state index in [1.807, 2.05) is 0 Å². The Hall–Kier alpha value is -0.920. The summed E-state index contributed by atoms with van der Waals surface area (Å²) in [4.78, 5) is 27.0. The van der Waals surface area contributed by atoms with Gasteiger partial charge in [-0.1, -0.05) is 35.0 Å². The van der Waals surface area contributed by atoms with Crippen LogP contribution in [0.15, 0.2) is 0 Å². The third-order valence-corrected chi connectivity index (χ3v) is 4.69. The van der Waals surface area contributed by atoms with Crippen LogP contribution in [0.2, 0.25) is 10.0 Å². The van der Waals surface area contributed by atoms with Crippen LogP contribution in [0.3, 0.4) is 0 Å². The Balaban J connectivity index is 2.27. The molecule has 0 aromatic carbocycles. The maximum Gasteiger partial charge on any atom is 0.236 e. The van der Waals surface area contributed by atoms with Gasteiger partial charge in [-0.3, -0.25) is 9.59 Å². The maximum atomic E-state index is 13.4. The SMILES string of the molecule is CC(=O)SCC1CC(=O)N(c2c(Cl)c(F)nc(F)c2Cl)C1. The molecule has 114 valence electrons. The molecular formula is C12H10Cl2F2N2O2S. The lowest BCUT2D eigenvalue weighted by molar-refractivity contribution is -0.117. The fraction of sp³-hybridized carbons (Fsp3) is 0.417. The van der Waals surface area contributed by atoms with Gasteiger partial charge in [0, 0.05) is 25.6 Å². The number of carbonyl (C=O) groups excluding carboxylic acids is 2. The second-order valence-corrected chi connectivity index (χ2v) is 6.50. The van der Waals surface area contributed by atoms with Gasteiger partial charge >= 0.3 is 0 Å². The van der Waals surface area contributed by atoms with Crippen molar-refractivity contribution in [1.29, 1.82) is 0 Å². The Bertz CT molecular complexity index is 589. The van der Waals surface area contributed by atoms with E-state index in [9.17, 15) is 18.4 Å². The molecule has 1 amide bonds. The summed E-state index contributed by atoms with van der Waals surface area (Å²) >= 11 is 12.6. The van der Waals surface area contributed by atoms with E-state index in [4.69, 9.17) is 23.2 Å². The topological polar surface area (TPSA) is 50.3 Å². The van der Waals surface area contributed by atoms with Crippen LogP contribution < -0.4 is 4.90 Å². The lowest BCUT2D eigenvalue weighted by Crippen LogP contribution is -2.26. The van der Waals surface area contributed by atoms with Crippen LogP contribution >= 0.6 is 35.0 Å². The Labute approximate surface area is 133 Å². The molecule has 4 nitrogen and oxygen atoms in total. The molecule has 1 fully saturated rings. The molecule has 1 unspecified atom stereocenters. The maximum absolute atomic E-state index is 13.4. The standard InChI is InChI=1S/C12H10Cl2F2N2O2S/c1-5(19)21-4-6-2-7(20)18(3-6)10-8(13)11(15)17-12(16)9(10)14/h6H,2-4H2,1H3. The number of hydrogen-bond donors (Lipinski definition) is 0. The highest BCUT2D eigenvalue weighted by atomic mass is 35.5. The van der Waals surface area contributed by atoms with Gasteiger partial charge in [0.05, 0.1) is 5.69 Å². The molecule has 1 atom stereocenters. The van der Waals surface area contributed by atoms with Crippen molar-refractivity contribution in [3.8, 4) is 0 Å². The number of aromatic nitrogens is 1. The molecule has 2 heterocycles. The van der Waals surface area contributed by atoms with Gasteiger partial charge in [0.1, 0.15) is 10.0 Å². The van der Waals surface area contributed by atoms with Gasteiger partial charge < -0.3 is 4.90 Å². The molecule has 0 saturated carbocycles. The quantitative estimate of drug-likeness (QED) is 0.781. The van der Waals surface area contributed by atoms with E-state index in [0.29, 0.717) is 5.75 Å². The number of thioether (sulfide) groups is 1. The first-order valence-corrected chi connectivity index (χ1v) is 7.69. The molecule has 0 aliphatic carbocycles. The molecule has 0 bridgehead atoms. The van der Waals surface area contributed by atoms with Gasteiger partial charge in [0.25, 0.3) is 0 Å². The predicted octanol–water partition coefficient (Wildman–Crippen LogP) is 3.30. The normalized spacial score (nSPS) is 18.4. The van der Waals surface area contributed by atoms with E-state index >= 15 is 0 Å². The van der Waals surface area contributed by atoms with E-state index < -0.39 is 21.9 Å². The minimum absolute atomic E-state index is 0.0574. The van der Waals surface area contributed by atoms with Gasteiger partial charge in [-0.25, -0.2) is 0 Å². The van der Waals surface area contributed by atoms with Gasteiger partial charge in [-0.2, -0.15) is 13.8 Å². The van der Waals surface area contributed by atoms with E-state index in [0.717, 1.165) is 16.7 Å². The number of carbonyl (C=O) groups is 2. The number of anilines is 1. The van der Waals surface area contributed by atoms with Crippen molar-refractivity contribution in [2.75, 3.05) is 17.2 Å². The number of rotatable bonds is 3. The van der Waals surface area contributed by atoms with Crippen molar-refractivity contribution in [3.63, 3.8) is 0 Å². The molecule has 9 heteroatoms. The van der Waals surface area contributed by atoms with Crippen LogP contribution in [0.4, 0.5) is 14.5 Å². The van der Waals surface area contributed by atoms with Crippen molar-refractivity contribution < 1.29 is 18.4 Å². The largest absolute Gasteiger partial charge is 0.309 e. The fourth-order valence-corrected chi connectivity index (χ4v) is 3.28. The average Bonchev–Trinajstić information content (AvgIpc) is 2.76. The van der Waals surface area contributed by atoms with Gasteiger partial charge in [-0.15, -0.1) is 0 Å². The Morgan fingerprint density at radius 2 is 1.95 bits per heavy atom. The monoisotopic (exact) mass is 354 g/mol. The molecule has 1 aromatic rings. The van der Waals surface area contributed by atoms with E-state index in [1.165, 1.54) is 6.92 Å². The van der Waals surface area contributed by atoms with Crippen LogP contribution in [0.5, 0.6) is 0 Å². The predicted molar refractivity (Wildman–Crippen MR) is 77.8 cm³/mol. The first kappa shape index (κ1) is 16.5. The summed E-state index contributed by atoms with van der Waals surface area (Å²) in [6.07, 6.45) is 0.165. The molecule has 1 aliphatic heterocycles. The summed E-state index contributed by atoms with van der Waals surface area (Å²) in [7, 11) is 0. The number of hydrogen-bond acceptors (Lipinski definition) is 4. The Kier molecular flexibility index (Phi) is 5.06. The Morgan fingerprint density at radius 3 is 2.48 bits per heavy atom. The fourth-order valence-electron chi connectivity index (χ4n) is 2.06. The van der Waals surface area contributed by atoms with E-state index in [2.05, 4.69) is 4.98 Å². The van der Waals surface area contributed by atoms with Gasteiger partial charge in [0.2, 0.25) is 17.8 Å². The molecule has 2 rings (SSSR count). The van der Waals surface area contributed by atoms with Gasteiger partial charge in [-0.05, 0) is 5.92 Å². The minimum Gasteiger partial charge on any atom is -0.309 e. The van der Waals surface area contributed by atoms with Crippen molar-refractivity contribution in [1.82, 2.24) is 4.98 Å². The van der Waals surface area contributed by atoms with Crippen LogP contribution in [0.1, 0.15) is 13.3 Å². The molecular weight excluding hydrogens is 345 g/mol. The second kappa shape index (κ2) is 6.46. The number of halogens is 4. The van der Waals surface area contributed by atoms with Crippen molar-refractivity contribution in [2.45, 2.75) is 13.3 Å². The number of amides is 1. The summed E-state index contributed by atoms with van der Waals surface area (Å²) in [6.45, 7) is 1.63. The summed E-state index contributed by atoms with van der Waals surface area (Å²) in [5.74, 6) is -2.45. The molecule has 1 aromatic heterocycles. The molecule has 0 N–H and O–H groups in total. The lowest BCUT2D eigenvalue weighted by Gasteiger charge is -2.19. The summed E-state index contributed by atoms with van der Waals surface area (Å²) in [6, 6.07) is 0. The second-order valence-electron chi connectivity index (χ2n) is 4.55. The van der Waals surface area contributed by atoms with Crippen molar-refractivity contribution >= 4 is 51.7 Å². The highest BCUT2D eigenvalue weighted by Crippen LogP contribution is 2.39. The summed E-state index contributed by atoms with van der Waals surface area (Å²) < 4.78 is 26.8.